The Labute approximate surface area is 117 Å². The summed E-state index contributed by atoms with van der Waals surface area (Å²) in [4.78, 5) is 12.8. The second-order valence-corrected chi connectivity index (χ2v) is 4.00. The maximum atomic E-state index is 5.48. The molecule has 0 atom stereocenters. The molecule has 0 fully saturated rings. The molecule has 2 aromatic rings. The second-order valence-electron chi connectivity index (χ2n) is 4.00. The van der Waals surface area contributed by atoms with Crippen LogP contribution in [0.4, 0.5) is 5.95 Å². The van der Waals surface area contributed by atoms with E-state index in [2.05, 4.69) is 32.3 Å². The number of anilines is 1. The van der Waals surface area contributed by atoms with E-state index in [4.69, 9.17) is 4.74 Å². The van der Waals surface area contributed by atoms with Crippen LogP contribution in [0.1, 0.15) is 20.3 Å². The predicted molar refractivity (Wildman–Crippen MR) is 76.0 cm³/mol. The lowest BCUT2D eigenvalue weighted by molar-refractivity contribution is 0.331. The summed E-state index contributed by atoms with van der Waals surface area (Å²) in [6.07, 6.45) is 8.22. The Morgan fingerprint density at radius 1 is 1.35 bits per heavy atom. The standard InChI is InChI=1S/C13H18N6O/c1-3-5-10-20-13-17-11(14-7-4-2)16-12(18-13)19-9-6-8-15-19/h3,5-6,8-9H,4,7,10H2,1-2H3,(H,14,16,17,18)/b5-3+. The van der Waals surface area contributed by atoms with Gasteiger partial charge in [-0.2, -0.15) is 20.1 Å². The molecule has 2 heterocycles. The van der Waals surface area contributed by atoms with Gasteiger partial charge in [0.15, 0.2) is 0 Å². The Morgan fingerprint density at radius 2 is 2.25 bits per heavy atom. The smallest absolute Gasteiger partial charge is 0.323 e. The normalized spacial score (nSPS) is 10.9. The molecule has 2 rings (SSSR count). The molecule has 0 bridgehead atoms. The molecular formula is C13H18N6O. The van der Waals surface area contributed by atoms with Gasteiger partial charge in [-0.15, -0.1) is 0 Å². The van der Waals surface area contributed by atoms with Gasteiger partial charge in [-0.05, 0) is 19.4 Å². The summed E-state index contributed by atoms with van der Waals surface area (Å²) in [5.74, 6) is 0.918. The summed E-state index contributed by atoms with van der Waals surface area (Å²) < 4.78 is 7.05. The molecule has 0 spiro atoms. The molecule has 0 amide bonds. The fourth-order valence-electron chi connectivity index (χ4n) is 1.43. The zero-order chi connectivity index (χ0) is 14.2. The highest BCUT2D eigenvalue weighted by Crippen LogP contribution is 2.10. The van der Waals surface area contributed by atoms with Gasteiger partial charge in [-0.1, -0.05) is 19.1 Å². The van der Waals surface area contributed by atoms with Crippen LogP contribution < -0.4 is 10.1 Å². The minimum atomic E-state index is 0.280. The van der Waals surface area contributed by atoms with Gasteiger partial charge in [0.1, 0.15) is 6.61 Å². The van der Waals surface area contributed by atoms with Crippen LogP contribution in [0.3, 0.4) is 0 Å². The number of allylic oxidation sites excluding steroid dienone is 1. The number of rotatable bonds is 7. The fraction of sp³-hybridized carbons (Fsp3) is 0.385. The number of hydrogen-bond donors (Lipinski definition) is 1. The molecule has 0 aliphatic heterocycles. The van der Waals surface area contributed by atoms with Gasteiger partial charge in [0.05, 0.1) is 0 Å². The quantitative estimate of drug-likeness (QED) is 0.776. The number of aromatic nitrogens is 5. The van der Waals surface area contributed by atoms with Crippen molar-refractivity contribution in [2.24, 2.45) is 0 Å². The summed E-state index contributed by atoms with van der Waals surface area (Å²) in [7, 11) is 0. The van der Waals surface area contributed by atoms with Gasteiger partial charge in [0.25, 0.3) is 5.95 Å². The maximum absolute atomic E-state index is 5.48. The van der Waals surface area contributed by atoms with Gasteiger partial charge in [0.2, 0.25) is 5.95 Å². The third-order valence-corrected chi connectivity index (χ3v) is 2.39. The Kier molecular flexibility index (Phi) is 5.05. The molecule has 20 heavy (non-hydrogen) atoms. The van der Waals surface area contributed by atoms with Crippen molar-refractivity contribution in [1.82, 2.24) is 24.7 Å². The molecule has 0 saturated carbocycles. The fourth-order valence-corrected chi connectivity index (χ4v) is 1.43. The largest absolute Gasteiger partial charge is 0.459 e. The van der Waals surface area contributed by atoms with Crippen LogP contribution >= 0.6 is 0 Å². The Bertz CT molecular complexity index is 552. The van der Waals surface area contributed by atoms with Crippen LogP contribution in [0.25, 0.3) is 5.95 Å². The zero-order valence-corrected chi connectivity index (χ0v) is 11.7. The van der Waals surface area contributed by atoms with E-state index < -0.39 is 0 Å². The second kappa shape index (κ2) is 7.22. The van der Waals surface area contributed by atoms with Crippen molar-refractivity contribution in [2.75, 3.05) is 18.5 Å². The number of hydrogen-bond acceptors (Lipinski definition) is 6. The molecule has 0 aliphatic rings. The first-order valence-corrected chi connectivity index (χ1v) is 6.57. The van der Waals surface area contributed by atoms with Crippen LogP contribution in [0.2, 0.25) is 0 Å². The summed E-state index contributed by atoms with van der Waals surface area (Å²) in [5.41, 5.74) is 0. The van der Waals surface area contributed by atoms with Crippen molar-refractivity contribution < 1.29 is 4.74 Å². The van der Waals surface area contributed by atoms with Crippen molar-refractivity contribution in [1.29, 1.82) is 0 Å². The average molecular weight is 274 g/mol. The highest BCUT2D eigenvalue weighted by atomic mass is 16.5. The topological polar surface area (TPSA) is 77.8 Å². The van der Waals surface area contributed by atoms with Crippen LogP contribution in [-0.4, -0.2) is 37.9 Å². The third-order valence-electron chi connectivity index (χ3n) is 2.39. The molecule has 0 saturated heterocycles. The summed E-state index contributed by atoms with van der Waals surface area (Å²) in [5, 5.41) is 7.24. The number of nitrogens with one attached hydrogen (secondary N) is 1. The van der Waals surface area contributed by atoms with E-state index in [1.165, 1.54) is 0 Å². The Morgan fingerprint density at radius 3 is 2.95 bits per heavy atom. The van der Waals surface area contributed by atoms with E-state index in [0.29, 0.717) is 18.5 Å². The van der Waals surface area contributed by atoms with Gasteiger partial charge < -0.3 is 10.1 Å². The van der Waals surface area contributed by atoms with Crippen molar-refractivity contribution >= 4 is 5.95 Å². The van der Waals surface area contributed by atoms with Crippen LogP contribution in [0.5, 0.6) is 6.01 Å². The average Bonchev–Trinajstić information content (AvgIpc) is 2.99. The number of nitrogens with zero attached hydrogens (tertiary/aromatic N) is 5. The first-order valence-electron chi connectivity index (χ1n) is 6.57. The highest BCUT2D eigenvalue weighted by molar-refractivity contribution is 5.29. The molecule has 106 valence electrons. The molecule has 2 aromatic heterocycles. The summed E-state index contributed by atoms with van der Waals surface area (Å²) in [6, 6.07) is 2.09. The minimum Gasteiger partial charge on any atom is -0.459 e. The lowest BCUT2D eigenvalue weighted by atomic mass is 10.5. The molecule has 0 radical (unpaired) electrons. The van der Waals surface area contributed by atoms with E-state index in [0.717, 1.165) is 13.0 Å². The van der Waals surface area contributed by atoms with Crippen molar-refractivity contribution in [2.45, 2.75) is 20.3 Å². The predicted octanol–water partition coefficient (Wildman–Crippen LogP) is 1.83. The van der Waals surface area contributed by atoms with Crippen LogP contribution in [-0.2, 0) is 0 Å². The van der Waals surface area contributed by atoms with Crippen molar-refractivity contribution in [3.05, 3.63) is 30.6 Å². The molecule has 7 heteroatoms. The van der Waals surface area contributed by atoms with E-state index in [9.17, 15) is 0 Å². The van der Waals surface area contributed by atoms with Crippen molar-refractivity contribution in [3.8, 4) is 12.0 Å². The Balaban J connectivity index is 2.23. The molecule has 1 N–H and O–H groups in total. The number of ether oxygens (including phenoxy) is 1. The lowest BCUT2D eigenvalue weighted by Gasteiger charge is -2.08. The van der Waals surface area contributed by atoms with Crippen LogP contribution in [0, 0.1) is 0 Å². The van der Waals surface area contributed by atoms with Crippen molar-refractivity contribution in [3.63, 3.8) is 0 Å². The summed E-state index contributed by atoms with van der Waals surface area (Å²) >= 11 is 0. The van der Waals surface area contributed by atoms with Gasteiger partial charge in [-0.3, -0.25) is 0 Å². The molecule has 0 aromatic carbocycles. The minimum absolute atomic E-state index is 0.280. The maximum Gasteiger partial charge on any atom is 0.323 e. The van der Waals surface area contributed by atoms with Crippen LogP contribution in [0.15, 0.2) is 30.6 Å². The monoisotopic (exact) mass is 274 g/mol. The lowest BCUT2D eigenvalue weighted by Crippen LogP contribution is -2.11. The first kappa shape index (κ1) is 14.0. The van der Waals surface area contributed by atoms with Gasteiger partial charge >= 0.3 is 6.01 Å². The van der Waals surface area contributed by atoms with E-state index in [1.807, 2.05) is 25.1 Å². The van der Waals surface area contributed by atoms with E-state index in [1.54, 1.807) is 17.1 Å². The first-order chi connectivity index (χ1) is 9.83. The molecule has 7 nitrogen and oxygen atoms in total. The highest BCUT2D eigenvalue weighted by Gasteiger charge is 2.08. The van der Waals surface area contributed by atoms with Gasteiger partial charge in [-0.25, -0.2) is 4.68 Å². The summed E-state index contributed by atoms with van der Waals surface area (Å²) in [6.45, 7) is 5.22. The molecule has 0 unspecified atom stereocenters. The van der Waals surface area contributed by atoms with E-state index >= 15 is 0 Å². The SMILES string of the molecule is C/C=C/COc1nc(NCCC)nc(-n2cccn2)n1. The van der Waals surface area contributed by atoms with E-state index in [-0.39, 0.29) is 6.01 Å². The zero-order valence-electron chi connectivity index (χ0n) is 11.7. The Hall–Kier alpha value is -2.44. The van der Waals surface area contributed by atoms with Gasteiger partial charge in [0, 0.05) is 18.9 Å². The molecular weight excluding hydrogens is 256 g/mol. The third kappa shape index (κ3) is 3.78. The molecule has 0 aliphatic carbocycles.